The maximum Gasteiger partial charge on any atom is 0.310 e. The first kappa shape index (κ1) is 26.4. The summed E-state index contributed by atoms with van der Waals surface area (Å²) in [5.41, 5.74) is 10.8. The number of nitrogens with two attached hydrogens (primary N) is 1. The summed E-state index contributed by atoms with van der Waals surface area (Å²) in [5, 5.41) is 0.242. The van der Waals surface area contributed by atoms with E-state index in [1.165, 1.54) is 3.97 Å². The Bertz CT molecular complexity index is 1520. The van der Waals surface area contributed by atoms with Crippen LogP contribution in [0.5, 0.6) is 5.75 Å². The van der Waals surface area contributed by atoms with Gasteiger partial charge < -0.3 is 15.2 Å². The molecule has 0 radical (unpaired) electrons. The predicted molar refractivity (Wildman–Crippen MR) is 146 cm³/mol. The summed E-state index contributed by atoms with van der Waals surface area (Å²) in [7, 11) is -3.58. The summed E-state index contributed by atoms with van der Waals surface area (Å²) >= 11 is 0. The number of benzene rings is 3. The highest BCUT2D eigenvalue weighted by molar-refractivity contribution is 7.90. The number of rotatable bonds is 10. The van der Waals surface area contributed by atoms with E-state index in [1.54, 1.807) is 27.0 Å². The number of carbonyl (C=O) groups excluding carboxylic acids is 1. The Hall–Kier alpha value is -3.62. The minimum Gasteiger partial charge on any atom is -0.489 e. The second-order valence-corrected chi connectivity index (χ2v) is 11.4. The Morgan fingerprint density at radius 3 is 2.51 bits per heavy atom. The van der Waals surface area contributed by atoms with E-state index < -0.39 is 15.3 Å². The van der Waals surface area contributed by atoms with Crippen LogP contribution in [0.4, 0.5) is 0 Å². The Morgan fingerprint density at radius 1 is 1.00 bits per heavy atom. The summed E-state index contributed by atoms with van der Waals surface area (Å²) in [6.45, 7) is 6.01. The third kappa shape index (κ3) is 5.70. The van der Waals surface area contributed by atoms with Gasteiger partial charge in [-0.05, 0) is 73.4 Å². The third-order valence-corrected chi connectivity index (χ3v) is 8.24. The molecule has 8 heteroatoms. The van der Waals surface area contributed by atoms with E-state index in [4.69, 9.17) is 15.2 Å². The van der Waals surface area contributed by atoms with Crippen LogP contribution < -0.4 is 10.5 Å². The lowest BCUT2D eigenvalue weighted by Crippen LogP contribution is -2.21. The summed E-state index contributed by atoms with van der Waals surface area (Å²) in [5.74, 6) is 0.256. The molecule has 2 N–H and O–H groups in total. The monoisotopic (exact) mass is 520 g/mol. The first-order valence-electron chi connectivity index (χ1n) is 12.3. The van der Waals surface area contributed by atoms with E-state index in [2.05, 4.69) is 0 Å². The third-order valence-electron chi connectivity index (χ3n) is 6.18. The van der Waals surface area contributed by atoms with Crippen molar-refractivity contribution in [3.05, 3.63) is 89.6 Å². The predicted octanol–water partition coefficient (Wildman–Crippen LogP) is 5.04. The van der Waals surface area contributed by atoms with Crippen molar-refractivity contribution in [1.29, 1.82) is 0 Å². The average molecular weight is 521 g/mol. The Labute approximate surface area is 217 Å². The minimum absolute atomic E-state index is 0.107. The molecule has 0 aliphatic rings. The molecule has 0 atom stereocenters. The highest BCUT2D eigenvalue weighted by Gasteiger charge is 2.22. The molecule has 0 unspecified atom stereocenters. The van der Waals surface area contributed by atoms with Crippen LogP contribution in [0.15, 0.2) is 72.9 Å². The van der Waals surface area contributed by atoms with Crippen LogP contribution >= 0.6 is 0 Å². The fraction of sp³-hybridized carbons (Fsp3) is 0.276. The van der Waals surface area contributed by atoms with Crippen molar-refractivity contribution in [3.8, 4) is 16.9 Å². The zero-order chi connectivity index (χ0) is 26.6. The number of para-hydroxylation sites is 1. The zero-order valence-electron chi connectivity index (χ0n) is 21.3. The summed E-state index contributed by atoms with van der Waals surface area (Å²) in [6, 6.07) is 20.9. The Balaban J connectivity index is 1.77. The van der Waals surface area contributed by atoms with Crippen molar-refractivity contribution >= 4 is 26.9 Å². The van der Waals surface area contributed by atoms with Crippen LogP contribution in [0.2, 0.25) is 0 Å². The first-order valence-corrected chi connectivity index (χ1v) is 13.8. The van der Waals surface area contributed by atoms with Crippen LogP contribution in [-0.2, 0) is 39.1 Å². The lowest BCUT2D eigenvalue weighted by atomic mass is 9.97. The first-order chi connectivity index (χ1) is 17.7. The molecular formula is C29H32N2O5S. The van der Waals surface area contributed by atoms with E-state index in [9.17, 15) is 13.2 Å². The molecule has 1 aromatic heterocycles. The second-order valence-electron chi connectivity index (χ2n) is 9.06. The van der Waals surface area contributed by atoms with E-state index in [0.29, 0.717) is 24.4 Å². The summed E-state index contributed by atoms with van der Waals surface area (Å²) in [6.07, 6.45) is 1.71. The number of hydrogen-bond donors (Lipinski definition) is 1. The van der Waals surface area contributed by atoms with E-state index in [-0.39, 0.29) is 19.0 Å². The van der Waals surface area contributed by atoms with E-state index in [0.717, 1.165) is 33.2 Å². The van der Waals surface area contributed by atoms with Gasteiger partial charge in [0, 0.05) is 23.7 Å². The number of ether oxygens (including phenoxy) is 2. The van der Waals surface area contributed by atoms with Gasteiger partial charge in [-0.2, -0.15) is 0 Å². The van der Waals surface area contributed by atoms with Gasteiger partial charge in [0.2, 0.25) is 10.0 Å². The maximum absolute atomic E-state index is 13.1. The van der Waals surface area contributed by atoms with Crippen molar-refractivity contribution < 1.29 is 22.7 Å². The quantitative estimate of drug-likeness (QED) is 0.294. The maximum atomic E-state index is 13.1. The van der Waals surface area contributed by atoms with Crippen LogP contribution in [0, 0.1) is 0 Å². The number of hydrogen-bond acceptors (Lipinski definition) is 6. The van der Waals surface area contributed by atoms with Gasteiger partial charge in [-0.15, -0.1) is 0 Å². The number of esters is 1. The fourth-order valence-electron chi connectivity index (χ4n) is 4.23. The van der Waals surface area contributed by atoms with Gasteiger partial charge in [-0.3, -0.25) is 4.79 Å². The van der Waals surface area contributed by atoms with Crippen LogP contribution in [0.25, 0.3) is 22.0 Å². The molecule has 0 fully saturated rings. The van der Waals surface area contributed by atoms with Gasteiger partial charge in [-0.25, -0.2) is 12.4 Å². The van der Waals surface area contributed by atoms with Crippen molar-refractivity contribution in [1.82, 2.24) is 3.97 Å². The summed E-state index contributed by atoms with van der Waals surface area (Å²) < 4.78 is 38.8. The van der Waals surface area contributed by atoms with Crippen LogP contribution in [0.1, 0.15) is 37.5 Å². The van der Waals surface area contributed by atoms with E-state index in [1.807, 2.05) is 66.7 Å². The fourth-order valence-corrected chi connectivity index (χ4v) is 5.34. The van der Waals surface area contributed by atoms with Gasteiger partial charge in [-0.1, -0.05) is 36.4 Å². The van der Waals surface area contributed by atoms with Gasteiger partial charge >= 0.3 is 5.97 Å². The lowest BCUT2D eigenvalue weighted by Gasteiger charge is -2.15. The largest absolute Gasteiger partial charge is 0.489 e. The highest BCUT2D eigenvalue weighted by Crippen LogP contribution is 2.33. The molecular weight excluding hydrogens is 488 g/mol. The number of carbonyl (C=O) groups is 1. The Kier molecular flexibility index (Phi) is 8.00. The average Bonchev–Trinajstić information content (AvgIpc) is 3.32. The highest BCUT2D eigenvalue weighted by atomic mass is 32.2. The molecule has 3 aromatic carbocycles. The molecule has 0 amide bonds. The van der Waals surface area contributed by atoms with Crippen molar-refractivity contribution in [2.75, 3.05) is 6.61 Å². The summed E-state index contributed by atoms with van der Waals surface area (Å²) in [4.78, 5) is 12.0. The molecule has 7 nitrogen and oxygen atoms in total. The van der Waals surface area contributed by atoms with Gasteiger partial charge in [0.15, 0.2) is 0 Å². The number of nitrogens with zero attached hydrogens (tertiary/aromatic N) is 1. The van der Waals surface area contributed by atoms with Gasteiger partial charge in [0.05, 0.1) is 23.8 Å². The number of fused-ring (bicyclic) bond motifs is 1. The zero-order valence-corrected chi connectivity index (χ0v) is 22.1. The van der Waals surface area contributed by atoms with Crippen molar-refractivity contribution in [2.24, 2.45) is 5.73 Å². The molecule has 1 heterocycles. The smallest absolute Gasteiger partial charge is 0.310 e. The van der Waals surface area contributed by atoms with Crippen LogP contribution in [-0.4, -0.2) is 30.2 Å². The molecule has 194 valence electrons. The molecule has 0 bridgehead atoms. The Morgan fingerprint density at radius 2 is 1.78 bits per heavy atom. The number of aromatic nitrogens is 1. The molecule has 0 aliphatic carbocycles. The molecule has 0 saturated heterocycles. The van der Waals surface area contributed by atoms with Crippen molar-refractivity contribution in [2.45, 2.75) is 45.6 Å². The molecule has 0 aliphatic heterocycles. The van der Waals surface area contributed by atoms with Gasteiger partial charge in [0.1, 0.15) is 12.4 Å². The topological polar surface area (TPSA) is 101 Å². The van der Waals surface area contributed by atoms with Gasteiger partial charge in [0.25, 0.3) is 0 Å². The van der Waals surface area contributed by atoms with Crippen LogP contribution in [0.3, 0.4) is 0 Å². The normalized spacial score (nSPS) is 11.7. The lowest BCUT2D eigenvalue weighted by molar-refractivity contribution is -0.142. The standard InChI is InChI=1S/C29H32N2O5S/c1-4-35-29(32)17-24-9-5-6-11-28(24)36-19-22-15-26(23-10-7-8-21(14-23)18-30)25-12-13-31(27(25)16-22)37(33,34)20(2)3/h5-16,20H,4,17-19,30H2,1-3H3. The minimum atomic E-state index is -3.58. The molecule has 37 heavy (non-hydrogen) atoms. The van der Waals surface area contributed by atoms with E-state index >= 15 is 0 Å². The SMILES string of the molecule is CCOC(=O)Cc1ccccc1OCc1cc(-c2cccc(CN)c2)c2ccn(S(=O)(=O)C(C)C)c2c1. The molecule has 0 saturated carbocycles. The molecule has 4 rings (SSSR count). The second kappa shape index (κ2) is 11.2. The molecule has 4 aromatic rings. The van der Waals surface area contributed by atoms with Crippen molar-refractivity contribution in [3.63, 3.8) is 0 Å². The molecule has 0 spiro atoms.